The normalized spacial score (nSPS) is 19.1. The molecule has 1 aliphatic heterocycles. The Kier molecular flexibility index (Phi) is 3.29. The van der Waals surface area contributed by atoms with E-state index in [1.807, 2.05) is 11.7 Å². The summed E-state index contributed by atoms with van der Waals surface area (Å²) in [5.74, 6) is 0. The van der Waals surface area contributed by atoms with Crippen LogP contribution in [0.15, 0.2) is 11.7 Å². The summed E-state index contributed by atoms with van der Waals surface area (Å²) in [6.07, 6.45) is 4.44. The zero-order valence-corrected chi connectivity index (χ0v) is 8.44. The molecule has 13 heavy (non-hydrogen) atoms. The first kappa shape index (κ1) is 9.12. The van der Waals surface area contributed by atoms with Crippen LogP contribution < -0.4 is 10.6 Å². The highest BCUT2D eigenvalue weighted by atomic mass is 32.1. The Morgan fingerprint density at radius 2 is 2.38 bits per heavy atom. The highest BCUT2D eigenvalue weighted by Gasteiger charge is 2.11. The molecule has 2 N–H and O–H groups in total. The molecule has 1 aromatic heterocycles. The van der Waals surface area contributed by atoms with Crippen LogP contribution in [-0.4, -0.2) is 24.1 Å². The first-order valence-corrected chi connectivity index (χ1v) is 5.64. The largest absolute Gasteiger partial charge is 0.317 e. The van der Waals surface area contributed by atoms with Gasteiger partial charge in [-0.25, -0.2) is 0 Å². The molecule has 4 heteroatoms. The van der Waals surface area contributed by atoms with Crippen molar-refractivity contribution in [2.45, 2.75) is 25.4 Å². The summed E-state index contributed by atoms with van der Waals surface area (Å²) in [5, 5.41) is 6.91. The maximum Gasteiger partial charge on any atom is 0.0794 e. The number of nitrogens with zero attached hydrogens (tertiary/aromatic N) is 1. The van der Waals surface area contributed by atoms with Crippen LogP contribution in [0.25, 0.3) is 0 Å². The van der Waals surface area contributed by atoms with Gasteiger partial charge in [-0.05, 0) is 25.9 Å². The predicted molar refractivity (Wildman–Crippen MR) is 54.8 cm³/mol. The van der Waals surface area contributed by atoms with Crippen LogP contribution >= 0.6 is 11.3 Å². The Labute approximate surface area is 82.6 Å². The summed E-state index contributed by atoms with van der Waals surface area (Å²) >= 11 is 1.72. The molecule has 0 aliphatic carbocycles. The van der Waals surface area contributed by atoms with Gasteiger partial charge in [-0.2, -0.15) is 0 Å². The minimum atomic E-state index is 0.698. The van der Waals surface area contributed by atoms with Crippen molar-refractivity contribution in [1.82, 2.24) is 15.6 Å². The van der Waals surface area contributed by atoms with Gasteiger partial charge in [0.2, 0.25) is 0 Å². The van der Waals surface area contributed by atoms with E-state index in [0.717, 1.165) is 19.6 Å². The van der Waals surface area contributed by atoms with Gasteiger partial charge in [0.25, 0.3) is 0 Å². The minimum absolute atomic E-state index is 0.698. The SMILES string of the molecule is c1ncc(CNC2CCNCC2)s1. The Bertz CT molecular complexity index is 229. The molecule has 0 spiro atoms. The van der Waals surface area contributed by atoms with Crippen LogP contribution in [0.3, 0.4) is 0 Å². The minimum Gasteiger partial charge on any atom is -0.317 e. The van der Waals surface area contributed by atoms with E-state index in [9.17, 15) is 0 Å². The maximum atomic E-state index is 4.05. The zero-order chi connectivity index (χ0) is 8.93. The maximum absolute atomic E-state index is 4.05. The summed E-state index contributed by atoms with van der Waals surface area (Å²) in [6.45, 7) is 3.29. The molecular formula is C9H15N3S. The van der Waals surface area contributed by atoms with Crippen molar-refractivity contribution in [2.24, 2.45) is 0 Å². The van der Waals surface area contributed by atoms with E-state index in [1.165, 1.54) is 17.7 Å². The summed E-state index contributed by atoms with van der Waals surface area (Å²) in [5.41, 5.74) is 1.89. The quantitative estimate of drug-likeness (QED) is 0.758. The Balaban J connectivity index is 1.72. The van der Waals surface area contributed by atoms with Crippen LogP contribution in [0.1, 0.15) is 17.7 Å². The summed E-state index contributed by atoms with van der Waals surface area (Å²) in [7, 11) is 0. The number of hydrogen-bond donors (Lipinski definition) is 2. The fourth-order valence-electron chi connectivity index (χ4n) is 1.60. The van der Waals surface area contributed by atoms with Gasteiger partial charge >= 0.3 is 0 Å². The first-order chi connectivity index (χ1) is 6.45. The second-order valence-electron chi connectivity index (χ2n) is 3.37. The predicted octanol–water partition coefficient (Wildman–Crippen LogP) is 0.985. The molecular weight excluding hydrogens is 182 g/mol. The lowest BCUT2D eigenvalue weighted by Gasteiger charge is -2.23. The monoisotopic (exact) mass is 197 g/mol. The number of thiazole rings is 1. The number of nitrogens with one attached hydrogen (secondary N) is 2. The summed E-state index contributed by atoms with van der Waals surface area (Å²) in [6, 6.07) is 0.698. The lowest BCUT2D eigenvalue weighted by atomic mass is 10.1. The van der Waals surface area contributed by atoms with Gasteiger partial charge in [-0.15, -0.1) is 11.3 Å². The second-order valence-corrected chi connectivity index (χ2v) is 4.34. The lowest BCUT2D eigenvalue weighted by molar-refractivity contribution is 0.387. The molecule has 0 amide bonds. The molecule has 0 bridgehead atoms. The van der Waals surface area contributed by atoms with E-state index in [0.29, 0.717) is 6.04 Å². The molecule has 0 radical (unpaired) electrons. The highest BCUT2D eigenvalue weighted by Crippen LogP contribution is 2.07. The van der Waals surface area contributed by atoms with Crippen molar-refractivity contribution in [2.75, 3.05) is 13.1 Å². The van der Waals surface area contributed by atoms with Crippen LogP contribution in [-0.2, 0) is 6.54 Å². The van der Waals surface area contributed by atoms with Crippen LogP contribution in [0.5, 0.6) is 0 Å². The van der Waals surface area contributed by atoms with Gasteiger partial charge in [0.1, 0.15) is 0 Å². The van der Waals surface area contributed by atoms with Crippen molar-refractivity contribution in [3.63, 3.8) is 0 Å². The van der Waals surface area contributed by atoms with Gasteiger partial charge in [0.05, 0.1) is 5.51 Å². The Hall–Kier alpha value is -0.450. The molecule has 0 atom stereocenters. The molecule has 2 rings (SSSR count). The van der Waals surface area contributed by atoms with E-state index < -0.39 is 0 Å². The summed E-state index contributed by atoms with van der Waals surface area (Å²) < 4.78 is 0. The average Bonchev–Trinajstić information content (AvgIpc) is 2.69. The van der Waals surface area contributed by atoms with E-state index in [2.05, 4.69) is 15.6 Å². The third kappa shape index (κ3) is 2.76. The van der Waals surface area contributed by atoms with Crippen LogP contribution in [0.2, 0.25) is 0 Å². The number of hydrogen-bond acceptors (Lipinski definition) is 4. The van der Waals surface area contributed by atoms with Crippen molar-refractivity contribution >= 4 is 11.3 Å². The van der Waals surface area contributed by atoms with Gasteiger partial charge in [0.15, 0.2) is 0 Å². The highest BCUT2D eigenvalue weighted by molar-refractivity contribution is 7.09. The van der Waals surface area contributed by atoms with Gasteiger partial charge in [-0.1, -0.05) is 0 Å². The van der Waals surface area contributed by atoms with E-state index in [4.69, 9.17) is 0 Å². The molecule has 0 aromatic carbocycles. The second kappa shape index (κ2) is 4.69. The standard InChI is InChI=1S/C9H15N3S/c1-3-10-4-2-8(1)12-6-9-5-11-7-13-9/h5,7-8,10,12H,1-4,6H2. The van der Waals surface area contributed by atoms with Crippen LogP contribution in [0.4, 0.5) is 0 Å². The number of aromatic nitrogens is 1. The van der Waals surface area contributed by atoms with Gasteiger partial charge < -0.3 is 10.6 Å². The van der Waals surface area contributed by atoms with Gasteiger partial charge in [-0.3, -0.25) is 4.98 Å². The molecule has 0 saturated carbocycles. The molecule has 2 heterocycles. The first-order valence-electron chi connectivity index (χ1n) is 4.76. The van der Waals surface area contributed by atoms with Crippen molar-refractivity contribution < 1.29 is 0 Å². The van der Waals surface area contributed by atoms with E-state index in [1.54, 1.807) is 11.3 Å². The van der Waals surface area contributed by atoms with E-state index in [-0.39, 0.29) is 0 Å². The van der Waals surface area contributed by atoms with Crippen molar-refractivity contribution in [3.05, 3.63) is 16.6 Å². The lowest BCUT2D eigenvalue weighted by Crippen LogP contribution is -2.39. The fourth-order valence-corrected chi connectivity index (χ4v) is 2.15. The molecule has 1 aromatic rings. The smallest absolute Gasteiger partial charge is 0.0794 e. The molecule has 3 nitrogen and oxygen atoms in total. The molecule has 0 unspecified atom stereocenters. The van der Waals surface area contributed by atoms with Crippen LogP contribution in [0, 0.1) is 0 Å². The Morgan fingerprint density at radius 3 is 3.08 bits per heavy atom. The molecule has 1 fully saturated rings. The Morgan fingerprint density at radius 1 is 1.54 bits per heavy atom. The topological polar surface area (TPSA) is 37.0 Å². The molecule has 72 valence electrons. The molecule has 1 aliphatic rings. The number of rotatable bonds is 3. The average molecular weight is 197 g/mol. The van der Waals surface area contributed by atoms with Crippen molar-refractivity contribution in [3.8, 4) is 0 Å². The zero-order valence-electron chi connectivity index (χ0n) is 7.62. The summed E-state index contributed by atoms with van der Waals surface area (Å²) in [4.78, 5) is 5.38. The third-order valence-corrected chi connectivity index (χ3v) is 3.17. The van der Waals surface area contributed by atoms with Crippen molar-refractivity contribution in [1.29, 1.82) is 0 Å². The third-order valence-electron chi connectivity index (χ3n) is 2.39. The van der Waals surface area contributed by atoms with Gasteiger partial charge in [0, 0.05) is 23.7 Å². The van der Waals surface area contributed by atoms with E-state index >= 15 is 0 Å². The molecule has 1 saturated heterocycles. The number of piperidine rings is 1. The fraction of sp³-hybridized carbons (Fsp3) is 0.667.